The van der Waals surface area contributed by atoms with E-state index in [0.29, 0.717) is 11.6 Å². The van der Waals surface area contributed by atoms with Crippen LogP contribution in [0.15, 0.2) is 48.7 Å². The molecule has 0 aliphatic carbocycles. The van der Waals surface area contributed by atoms with Crippen LogP contribution in [0.2, 0.25) is 5.02 Å². The molecule has 132 valence electrons. The molecule has 0 spiro atoms. The Morgan fingerprint density at radius 2 is 1.92 bits per heavy atom. The van der Waals surface area contributed by atoms with Crippen LogP contribution in [0.3, 0.4) is 0 Å². The lowest BCUT2D eigenvalue weighted by Crippen LogP contribution is -2.38. The van der Waals surface area contributed by atoms with Gasteiger partial charge in [-0.1, -0.05) is 29.8 Å². The fourth-order valence-corrected chi connectivity index (χ4v) is 2.36. The highest BCUT2D eigenvalue weighted by Crippen LogP contribution is 2.10. The van der Waals surface area contributed by atoms with E-state index in [-0.39, 0.29) is 18.1 Å². The van der Waals surface area contributed by atoms with Crippen molar-refractivity contribution in [3.8, 4) is 0 Å². The van der Waals surface area contributed by atoms with Gasteiger partial charge in [-0.2, -0.15) is 0 Å². The third-order valence-corrected chi connectivity index (χ3v) is 3.79. The second-order valence-corrected chi connectivity index (χ2v) is 5.94. The molecule has 25 heavy (non-hydrogen) atoms. The first kappa shape index (κ1) is 18.7. The van der Waals surface area contributed by atoms with Crippen LogP contribution >= 0.6 is 11.6 Å². The third kappa shape index (κ3) is 6.43. The smallest absolute Gasteiger partial charge is 0.270 e. The van der Waals surface area contributed by atoms with E-state index < -0.39 is 5.91 Å². The Hall–Kier alpha value is -2.60. The summed E-state index contributed by atoms with van der Waals surface area (Å²) in [7, 11) is 2.01. The number of carbonyl (C=O) groups excluding carboxylic acids is 2. The van der Waals surface area contributed by atoms with E-state index in [1.54, 1.807) is 6.07 Å². The van der Waals surface area contributed by atoms with Crippen molar-refractivity contribution >= 4 is 29.1 Å². The van der Waals surface area contributed by atoms with Gasteiger partial charge in [-0.25, -0.2) is 0 Å². The van der Waals surface area contributed by atoms with Crippen LogP contribution in [0.25, 0.3) is 0 Å². The first-order valence-corrected chi connectivity index (χ1v) is 8.36. The number of pyridine rings is 1. The number of halogens is 1. The molecule has 2 rings (SSSR count). The highest BCUT2D eigenvalue weighted by atomic mass is 35.5. The number of benzene rings is 1. The van der Waals surface area contributed by atoms with Crippen LogP contribution in [-0.2, 0) is 4.79 Å². The summed E-state index contributed by atoms with van der Waals surface area (Å²) in [6.45, 7) is 1.27. The van der Waals surface area contributed by atoms with E-state index in [4.69, 9.17) is 11.6 Å². The lowest BCUT2D eigenvalue weighted by Gasteiger charge is -2.19. The maximum Gasteiger partial charge on any atom is 0.270 e. The van der Waals surface area contributed by atoms with Gasteiger partial charge in [0.2, 0.25) is 5.91 Å². The Morgan fingerprint density at radius 1 is 1.16 bits per heavy atom. The number of anilines is 1. The van der Waals surface area contributed by atoms with Gasteiger partial charge < -0.3 is 15.5 Å². The van der Waals surface area contributed by atoms with Crippen LogP contribution in [0.4, 0.5) is 5.69 Å². The molecule has 6 nitrogen and oxygen atoms in total. The van der Waals surface area contributed by atoms with E-state index in [2.05, 4.69) is 20.5 Å². The molecule has 0 atom stereocenters. The van der Waals surface area contributed by atoms with Crippen molar-refractivity contribution in [3.63, 3.8) is 0 Å². The average Bonchev–Trinajstić information content (AvgIpc) is 2.63. The van der Waals surface area contributed by atoms with Gasteiger partial charge in [0.15, 0.2) is 0 Å². The van der Waals surface area contributed by atoms with Crippen molar-refractivity contribution in [2.45, 2.75) is 6.42 Å². The highest BCUT2D eigenvalue weighted by Gasteiger charge is 2.09. The molecule has 0 unspecified atom stereocenters. The number of hydrogen-bond acceptors (Lipinski definition) is 4. The number of rotatable bonds is 8. The number of nitrogens with one attached hydrogen (secondary N) is 2. The average molecular weight is 361 g/mol. The van der Waals surface area contributed by atoms with Crippen LogP contribution in [0.5, 0.6) is 0 Å². The quantitative estimate of drug-likeness (QED) is 0.707. The Labute approximate surface area is 152 Å². The van der Waals surface area contributed by atoms with Crippen LogP contribution in [-0.4, -0.2) is 43.5 Å². The molecule has 7 heteroatoms. The number of amides is 2. The molecule has 1 heterocycles. The topological polar surface area (TPSA) is 74.3 Å². The molecule has 2 amide bonds. The van der Waals surface area contributed by atoms with Crippen molar-refractivity contribution in [2.24, 2.45) is 0 Å². The summed E-state index contributed by atoms with van der Waals surface area (Å²) in [5.74, 6) is -0.667. The summed E-state index contributed by atoms with van der Waals surface area (Å²) in [5.41, 5.74) is 1.32. The summed E-state index contributed by atoms with van der Waals surface area (Å²) in [5, 5.41) is 5.72. The van der Waals surface area contributed by atoms with Crippen molar-refractivity contribution < 1.29 is 9.59 Å². The predicted molar refractivity (Wildman–Crippen MR) is 98.9 cm³/mol. The Bertz CT molecular complexity index is 709. The van der Waals surface area contributed by atoms with Gasteiger partial charge in [-0.3, -0.25) is 14.6 Å². The summed E-state index contributed by atoms with van der Waals surface area (Å²) < 4.78 is 0. The molecule has 0 aliphatic rings. The summed E-state index contributed by atoms with van der Waals surface area (Å²) in [4.78, 5) is 29.7. The molecule has 0 saturated heterocycles. The van der Waals surface area contributed by atoms with Gasteiger partial charge in [0.25, 0.3) is 5.91 Å². The minimum Gasteiger partial charge on any atom is -0.375 e. The van der Waals surface area contributed by atoms with Gasteiger partial charge in [0.05, 0.1) is 6.54 Å². The first-order chi connectivity index (χ1) is 12.1. The number of nitrogens with zero attached hydrogens (tertiary/aromatic N) is 2. The fourth-order valence-electron chi connectivity index (χ4n) is 2.20. The van der Waals surface area contributed by atoms with E-state index in [1.807, 2.05) is 37.4 Å². The first-order valence-electron chi connectivity index (χ1n) is 7.99. The molecule has 0 aliphatic heterocycles. The Kier molecular flexibility index (Phi) is 7.22. The van der Waals surface area contributed by atoms with Crippen molar-refractivity contribution in [1.82, 2.24) is 15.6 Å². The number of hydrogen-bond donors (Lipinski definition) is 2. The molecular formula is C18H21ClN4O2. The van der Waals surface area contributed by atoms with E-state index in [9.17, 15) is 9.59 Å². The maximum absolute atomic E-state index is 11.9. The molecule has 0 fully saturated rings. The maximum atomic E-state index is 11.9. The lowest BCUT2D eigenvalue weighted by atomic mass is 10.3. The summed E-state index contributed by atoms with van der Waals surface area (Å²) >= 11 is 5.80. The molecule has 1 aromatic heterocycles. The van der Waals surface area contributed by atoms with Crippen molar-refractivity contribution in [3.05, 3.63) is 59.4 Å². The Balaban J connectivity index is 1.63. The van der Waals surface area contributed by atoms with Crippen LogP contribution < -0.4 is 15.5 Å². The van der Waals surface area contributed by atoms with E-state index in [1.165, 1.54) is 12.3 Å². The largest absolute Gasteiger partial charge is 0.375 e. The SMILES string of the molecule is CN(CCCNC(=O)CNC(=O)c1cc(Cl)ccn1)c1ccccc1. The molecule has 0 bridgehead atoms. The van der Waals surface area contributed by atoms with Crippen LogP contribution in [0.1, 0.15) is 16.9 Å². The van der Waals surface area contributed by atoms with E-state index >= 15 is 0 Å². The fraction of sp³-hybridized carbons (Fsp3) is 0.278. The predicted octanol–water partition coefficient (Wildman–Crippen LogP) is 2.11. The molecule has 0 radical (unpaired) electrons. The summed E-state index contributed by atoms with van der Waals surface area (Å²) in [6.07, 6.45) is 2.25. The van der Waals surface area contributed by atoms with Gasteiger partial charge in [0, 0.05) is 37.0 Å². The standard InChI is InChI=1S/C18H21ClN4O2/c1-23(15-6-3-2-4-7-15)11-5-9-21-17(24)13-22-18(25)16-12-14(19)8-10-20-16/h2-4,6-8,10,12H,5,9,11,13H2,1H3,(H,21,24)(H,22,25). The van der Waals surface area contributed by atoms with Crippen molar-refractivity contribution in [1.29, 1.82) is 0 Å². The monoisotopic (exact) mass is 360 g/mol. The van der Waals surface area contributed by atoms with Gasteiger partial charge in [0.1, 0.15) is 5.69 Å². The van der Waals surface area contributed by atoms with Crippen LogP contribution in [0, 0.1) is 0 Å². The summed E-state index contributed by atoms with van der Waals surface area (Å²) in [6, 6.07) is 13.1. The number of carbonyl (C=O) groups is 2. The molecule has 2 aromatic rings. The Morgan fingerprint density at radius 3 is 2.64 bits per heavy atom. The molecular weight excluding hydrogens is 340 g/mol. The van der Waals surface area contributed by atoms with Gasteiger partial charge in [-0.15, -0.1) is 0 Å². The number of para-hydroxylation sites is 1. The normalized spacial score (nSPS) is 10.2. The van der Waals surface area contributed by atoms with Gasteiger partial charge >= 0.3 is 0 Å². The molecule has 0 saturated carbocycles. The minimum atomic E-state index is -0.429. The molecule has 1 aromatic carbocycles. The lowest BCUT2D eigenvalue weighted by molar-refractivity contribution is -0.120. The number of aromatic nitrogens is 1. The van der Waals surface area contributed by atoms with Gasteiger partial charge in [-0.05, 0) is 30.7 Å². The minimum absolute atomic E-state index is 0.0957. The zero-order chi connectivity index (χ0) is 18.1. The zero-order valence-electron chi connectivity index (χ0n) is 14.0. The third-order valence-electron chi connectivity index (χ3n) is 3.55. The molecule has 2 N–H and O–H groups in total. The van der Waals surface area contributed by atoms with Crippen molar-refractivity contribution in [2.75, 3.05) is 31.6 Å². The highest BCUT2D eigenvalue weighted by molar-refractivity contribution is 6.30. The zero-order valence-corrected chi connectivity index (χ0v) is 14.8. The second-order valence-electron chi connectivity index (χ2n) is 5.50. The van der Waals surface area contributed by atoms with E-state index in [0.717, 1.165) is 18.7 Å². The second kappa shape index (κ2) is 9.64.